The van der Waals surface area contributed by atoms with Crippen molar-refractivity contribution in [3.63, 3.8) is 0 Å². The summed E-state index contributed by atoms with van der Waals surface area (Å²) >= 11 is 5.96. The van der Waals surface area contributed by atoms with Gasteiger partial charge in [0.05, 0.1) is 0 Å². The largest absolute Gasteiger partial charge is 0.126 e. The van der Waals surface area contributed by atoms with E-state index in [-0.39, 0.29) is 0 Å². The quantitative estimate of drug-likeness (QED) is 0.575. The van der Waals surface area contributed by atoms with E-state index in [1.165, 1.54) is 32.1 Å². The Balaban J connectivity index is 1.87. The molecule has 1 spiro atoms. The highest BCUT2D eigenvalue weighted by Crippen LogP contribution is 2.62. The first-order valence-electron chi connectivity index (χ1n) is 5.14. The molecule has 0 aromatic carbocycles. The van der Waals surface area contributed by atoms with Gasteiger partial charge in [-0.15, -0.1) is 11.6 Å². The summed E-state index contributed by atoms with van der Waals surface area (Å²) in [7, 11) is 0. The number of rotatable bonds is 2. The van der Waals surface area contributed by atoms with Gasteiger partial charge >= 0.3 is 0 Å². The average Bonchev–Trinajstić information content (AvgIpc) is 1.80. The Morgan fingerprint density at radius 3 is 2.25 bits per heavy atom. The van der Waals surface area contributed by atoms with Crippen molar-refractivity contribution in [2.75, 3.05) is 5.88 Å². The molecule has 0 amide bonds. The summed E-state index contributed by atoms with van der Waals surface area (Å²) in [6, 6.07) is 0. The first kappa shape index (κ1) is 8.87. The van der Waals surface area contributed by atoms with Gasteiger partial charge < -0.3 is 0 Å². The van der Waals surface area contributed by atoms with Gasteiger partial charge in [0.2, 0.25) is 0 Å². The second-order valence-corrected chi connectivity index (χ2v) is 5.85. The molecule has 0 radical (unpaired) electrons. The summed E-state index contributed by atoms with van der Waals surface area (Å²) in [6.07, 6.45) is 7.41. The lowest BCUT2D eigenvalue weighted by Crippen LogP contribution is -2.48. The third-order valence-electron chi connectivity index (χ3n) is 4.22. The first-order valence-corrected chi connectivity index (χ1v) is 5.67. The van der Waals surface area contributed by atoms with Gasteiger partial charge in [-0.2, -0.15) is 0 Å². The molecule has 2 aliphatic carbocycles. The lowest BCUT2D eigenvalue weighted by Gasteiger charge is -2.58. The Morgan fingerprint density at radius 2 is 1.92 bits per heavy atom. The van der Waals surface area contributed by atoms with Crippen LogP contribution in [0.25, 0.3) is 0 Å². The maximum absolute atomic E-state index is 5.96. The van der Waals surface area contributed by atoms with E-state index >= 15 is 0 Å². The highest BCUT2D eigenvalue weighted by Gasteiger charge is 2.52. The fraction of sp³-hybridized carbons (Fsp3) is 1.00. The number of alkyl halides is 1. The van der Waals surface area contributed by atoms with E-state index < -0.39 is 0 Å². The topological polar surface area (TPSA) is 0 Å². The minimum absolute atomic E-state index is 0.391. The van der Waals surface area contributed by atoms with Gasteiger partial charge in [0.1, 0.15) is 0 Å². The van der Waals surface area contributed by atoms with Crippen LogP contribution in [-0.2, 0) is 0 Å². The van der Waals surface area contributed by atoms with Crippen LogP contribution in [0.3, 0.4) is 0 Å². The lowest BCUT2D eigenvalue weighted by atomic mass is 9.47. The Labute approximate surface area is 80.7 Å². The monoisotopic (exact) mass is 186 g/mol. The van der Waals surface area contributed by atoms with Crippen LogP contribution in [0.2, 0.25) is 0 Å². The van der Waals surface area contributed by atoms with E-state index in [9.17, 15) is 0 Å². The maximum atomic E-state index is 5.96. The zero-order valence-electron chi connectivity index (χ0n) is 8.20. The van der Waals surface area contributed by atoms with Crippen LogP contribution in [0.15, 0.2) is 0 Å². The lowest BCUT2D eigenvalue weighted by molar-refractivity contribution is -0.0689. The Kier molecular flexibility index (Phi) is 1.95. The normalized spacial score (nSPS) is 28.2. The van der Waals surface area contributed by atoms with Crippen LogP contribution in [0.5, 0.6) is 0 Å². The summed E-state index contributed by atoms with van der Waals surface area (Å²) in [5.74, 6) is 1.74. The molecule has 0 saturated heterocycles. The predicted molar refractivity (Wildman–Crippen MR) is 53.5 cm³/mol. The van der Waals surface area contributed by atoms with Gasteiger partial charge in [-0.05, 0) is 42.4 Å². The molecule has 0 bridgehead atoms. The van der Waals surface area contributed by atoms with Crippen molar-refractivity contribution in [3.05, 3.63) is 0 Å². The second kappa shape index (κ2) is 2.64. The number of hydrogen-bond donors (Lipinski definition) is 0. The molecule has 12 heavy (non-hydrogen) atoms. The molecule has 0 N–H and O–H groups in total. The fourth-order valence-electron chi connectivity index (χ4n) is 2.73. The second-order valence-electron chi connectivity index (χ2n) is 5.58. The van der Waals surface area contributed by atoms with Gasteiger partial charge in [0.15, 0.2) is 0 Å². The molecule has 0 atom stereocenters. The van der Waals surface area contributed by atoms with E-state index in [4.69, 9.17) is 11.6 Å². The van der Waals surface area contributed by atoms with Crippen LogP contribution in [-0.4, -0.2) is 5.88 Å². The van der Waals surface area contributed by atoms with Gasteiger partial charge in [-0.3, -0.25) is 0 Å². The Bertz CT molecular complexity index is 171. The van der Waals surface area contributed by atoms with Crippen molar-refractivity contribution in [1.29, 1.82) is 0 Å². The third kappa shape index (κ3) is 1.19. The molecule has 0 aromatic heterocycles. The molecule has 0 heterocycles. The molecular formula is C11H19Cl. The highest BCUT2D eigenvalue weighted by molar-refractivity contribution is 6.18. The zero-order chi connectivity index (χ0) is 8.82. The summed E-state index contributed by atoms with van der Waals surface area (Å²) in [5.41, 5.74) is 1.20. The fourth-order valence-corrected chi connectivity index (χ4v) is 2.95. The molecule has 2 fully saturated rings. The SMILES string of the molecule is CC(C)(CCl)C1CC2(CCC2)C1. The molecule has 0 unspecified atom stereocenters. The van der Waals surface area contributed by atoms with Gasteiger partial charge in [0, 0.05) is 5.88 Å². The van der Waals surface area contributed by atoms with Gasteiger partial charge in [-0.1, -0.05) is 20.3 Å². The average molecular weight is 187 g/mol. The van der Waals surface area contributed by atoms with Gasteiger partial charge in [0.25, 0.3) is 0 Å². The van der Waals surface area contributed by atoms with E-state index in [0.717, 1.165) is 17.2 Å². The summed E-state index contributed by atoms with van der Waals surface area (Å²) in [5, 5.41) is 0. The van der Waals surface area contributed by atoms with Crippen LogP contribution in [0.1, 0.15) is 46.0 Å². The van der Waals surface area contributed by atoms with Crippen molar-refractivity contribution in [1.82, 2.24) is 0 Å². The van der Waals surface area contributed by atoms with E-state index in [1.807, 2.05) is 0 Å². The summed E-state index contributed by atoms with van der Waals surface area (Å²) in [4.78, 5) is 0. The molecule has 2 rings (SSSR count). The maximum Gasteiger partial charge on any atom is 0.0277 e. The van der Waals surface area contributed by atoms with Crippen LogP contribution in [0.4, 0.5) is 0 Å². The summed E-state index contributed by atoms with van der Waals surface area (Å²) in [6.45, 7) is 4.63. The van der Waals surface area contributed by atoms with E-state index in [0.29, 0.717) is 5.41 Å². The molecule has 70 valence electrons. The van der Waals surface area contributed by atoms with E-state index in [1.54, 1.807) is 0 Å². The van der Waals surface area contributed by atoms with Crippen molar-refractivity contribution in [2.24, 2.45) is 16.7 Å². The van der Waals surface area contributed by atoms with Crippen molar-refractivity contribution in [2.45, 2.75) is 46.0 Å². The number of halogens is 1. The minimum Gasteiger partial charge on any atom is -0.126 e. The molecule has 0 aromatic rings. The first-order chi connectivity index (χ1) is 5.58. The van der Waals surface area contributed by atoms with Crippen molar-refractivity contribution in [3.8, 4) is 0 Å². The zero-order valence-corrected chi connectivity index (χ0v) is 8.95. The molecule has 2 saturated carbocycles. The molecule has 2 aliphatic rings. The van der Waals surface area contributed by atoms with Crippen molar-refractivity contribution < 1.29 is 0 Å². The Morgan fingerprint density at radius 1 is 1.33 bits per heavy atom. The van der Waals surface area contributed by atoms with Crippen molar-refractivity contribution >= 4 is 11.6 Å². The van der Waals surface area contributed by atoms with Crippen LogP contribution in [0, 0.1) is 16.7 Å². The van der Waals surface area contributed by atoms with E-state index in [2.05, 4.69) is 13.8 Å². The summed E-state index contributed by atoms with van der Waals surface area (Å²) < 4.78 is 0. The molecule has 0 nitrogen and oxygen atoms in total. The Hall–Kier alpha value is 0.290. The smallest absolute Gasteiger partial charge is 0.0277 e. The highest BCUT2D eigenvalue weighted by atomic mass is 35.5. The van der Waals surface area contributed by atoms with Gasteiger partial charge in [-0.25, -0.2) is 0 Å². The molecule has 1 heteroatoms. The standard InChI is InChI=1S/C11H19Cl/c1-10(2,8-12)9-6-11(7-9)4-3-5-11/h9H,3-8H2,1-2H3. The predicted octanol–water partition coefficient (Wildman–Crippen LogP) is 3.83. The minimum atomic E-state index is 0.391. The van der Waals surface area contributed by atoms with Crippen LogP contribution >= 0.6 is 11.6 Å². The van der Waals surface area contributed by atoms with Crippen LogP contribution < -0.4 is 0 Å². The molecule has 0 aliphatic heterocycles. The number of hydrogen-bond acceptors (Lipinski definition) is 0. The molecular weight excluding hydrogens is 168 g/mol. The third-order valence-corrected chi connectivity index (χ3v) is 4.91.